The van der Waals surface area contributed by atoms with Gasteiger partial charge in [0.15, 0.2) is 0 Å². The van der Waals surface area contributed by atoms with Crippen molar-refractivity contribution in [3.8, 4) is 11.1 Å². The van der Waals surface area contributed by atoms with Crippen LogP contribution in [0.25, 0.3) is 11.1 Å². The molecule has 0 aromatic heterocycles. The zero-order chi connectivity index (χ0) is 19.3. The lowest BCUT2D eigenvalue weighted by Crippen LogP contribution is -2.24. The van der Waals surface area contributed by atoms with Crippen LogP contribution < -0.4 is 0 Å². The van der Waals surface area contributed by atoms with Gasteiger partial charge in [-0.1, -0.05) is 109 Å². The topological polar surface area (TPSA) is 0 Å². The first kappa shape index (κ1) is 21.1. The molecule has 0 unspecified atom stereocenters. The van der Waals surface area contributed by atoms with Gasteiger partial charge in [-0.3, -0.25) is 0 Å². The van der Waals surface area contributed by atoms with Gasteiger partial charge in [0.1, 0.15) is 0 Å². The fourth-order valence-corrected chi connectivity index (χ4v) is 5.55. The zero-order valence-electron chi connectivity index (χ0n) is 16.8. The van der Waals surface area contributed by atoms with Crippen LogP contribution in [0.2, 0.25) is 0 Å². The second-order valence-electron chi connectivity index (χ2n) is 8.04. The minimum Gasteiger partial charge on any atom is -0.0654 e. The molecule has 2 aromatic carbocycles. The van der Waals surface area contributed by atoms with Gasteiger partial charge in [-0.15, -0.1) is 0 Å². The molecule has 0 heterocycles. The molecule has 146 valence electrons. The molecule has 0 saturated carbocycles. The van der Waals surface area contributed by atoms with E-state index >= 15 is 0 Å². The lowest BCUT2D eigenvalue weighted by Gasteiger charge is -2.31. The predicted molar refractivity (Wildman–Crippen MR) is 126 cm³/mol. The number of benzene rings is 2. The molecule has 3 rings (SSSR count). The van der Waals surface area contributed by atoms with Crippen LogP contribution in [0.1, 0.15) is 89.2 Å². The second kappa shape index (κ2) is 9.74. The maximum atomic E-state index is 3.72. The number of halogens is 2. The lowest BCUT2D eigenvalue weighted by molar-refractivity contribution is 0.433. The van der Waals surface area contributed by atoms with Crippen LogP contribution in [0.5, 0.6) is 0 Å². The van der Waals surface area contributed by atoms with E-state index in [1.165, 1.54) is 89.0 Å². The van der Waals surface area contributed by atoms with Crippen molar-refractivity contribution in [3.63, 3.8) is 0 Å². The minimum atomic E-state index is 0.167. The Bertz CT molecular complexity index is 711. The van der Waals surface area contributed by atoms with E-state index in [2.05, 4.69) is 82.1 Å². The lowest BCUT2D eigenvalue weighted by atomic mass is 9.72. The molecule has 0 amide bonds. The van der Waals surface area contributed by atoms with E-state index in [4.69, 9.17) is 0 Å². The molecule has 2 aromatic rings. The smallest absolute Gasteiger partial charge is 0.0213 e. The van der Waals surface area contributed by atoms with Crippen molar-refractivity contribution in [2.45, 2.75) is 83.5 Å². The third kappa shape index (κ3) is 4.53. The molecular formula is C25H32Br2. The van der Waals surface area contributed by atoms with Crippen LogP contribution in [0.15, 0.2) is 45.3 Å². The largest absolute Gasteiger partial charge is 0.0654 e. The van der Waals surface area contributed by atoms with Crippen LogP contribution in [0.4, 0.5) is 0 Å². The first-order valence-electron chi connectivity index (χ1n) is 10.7. The standard InChI is InChI=1S/C25H32Br2/c1-3-5-6-7-8-9-10-11-16-25(4-2)23-17-19(26)12-14-21(23)22-15-13-20(27)18-24(22)25/h12-15,17-18H,3-11,16H2,1-2H3. The highest BCUT2D eigenvalue weighted by Crippen LogP contribution is 2.54. The van der Waals surface area contributed by atoms with Gasteiger partial charge in [0.05, 0.1) is 0 Å². The Balaban J connectivity index is 1.75. The van der Waals surface area contributed by atoms with Crippen molar-refractivity contribution in [3.05, 3.63) is 56.5 Å². The summed E-state index contributed by atoms with van der Waals surface area (Å²) in [6.07, 6.45) is 13.5. The summed E-state index contributed by atoms with van der Waals surface area (Å²) in [5.74, 6) is 0. The molecule has 0 atom stereocenters. The molecule has 0 nitrogen and oxygen atoms in total. The third-order valence-corrected chi connectivity index (χ3v) is 7.33. The second-order valence-corrected chi connectivity index (χ2v) is 9.87. The molecule has 27 heavy (non-hydrogen) atoms. The number of rotatable bonds is 10. The van der Waals surface area contributed by atoms with E-state index in [9.17, 15) is 0 Å². The first-order chi connectivity index (χ1) is 13.1. The summed E-state index contributed by atoms with van der Waals surface area (Å²) >= 11 is 7.44. The molecule has 0 aliphatic heterocycles. The maximum absolute atomic E-state index is 3.72. The van der Waals surface area contributed by atoms with Gasteiger partial charge >= 0.3 is 0 Å². The van der Waals surface area contributed by atoms with Crippen molar-refractivity contribution in [2.75, 3.05) is 0 Å². The van der Waals surface area contributed by atoms with E-state index in [1.807, 2.05) is 0 Å². The minimum absolute atomic E-state index is 0.167. The van der Waals surface area contributed by atoms with Crippen LogP contribution in [-0.4, -0.2) is 0 Å². The highest BCUT2D eigenvalue weighted by Gasteiger charge is 2.41. The molecule has 1 aliphatic rings. The molecule has 2 heteroatoms. The molecule has 0 fully saturated rings. The number of hydrogen-bond donors (Lipinski definition) is 0. The average molecular weight is 492 g/mol. The normalized spacial score (nSPS) is 14.2. The Morgan fingerprint density at radius 1 is 0.667 bits per heavy atom. The summed E-state index contributed by atoms with van der Waals surface area (Å²) in [6, 6.07) is 13.7. The SMILES string of the molecule is CCCCCCCCCCC1(CC)c2cc(Br)ccc2-c2ccc(Br)cc21. The first-order valence-corrected chi connectivity index (χ1v) is 12.3. The molecule has 1 aliphatic carbocycles. The van der Waals surface area contributed by atoms with Crippen LogP contribution in [-0.2, 0) is 5.41 Å². The Kier molecular flexibility index (Phi) is 7.62. The van der Waals surface area contributed by atoms with E-state index in [0.29, 0.717) is 0 Å². The molecule has 0 bridgehead atoms. The Morgan fingerprint density at radius 3 is 1.63 bits per heavy atom. The number of hydrogen-bond acceptors (Lipinski definition) is 0. The van der Waals surface area contributed by atoms with Crippen molar-refractivity contribution in [1.29, 1.82) is 0 Å². The molecule has 0 N–H and O–H groups in total. The van der Waals surface area contributed by atoms with Gasteiger partial charge < -0.3 is 0 Å². The van der Waals surface area contributed by atoms with Crippen LogP contribution in [0, 0.1) is 0 Å². The van der Waals surface area contributed by atoms with E-state index < -0.39 is 0 Å². The van der Waals surface area contributed by atoms with Gasteiger partial charge in [-0.2, -0.15) is 0 Å². The number of fused-ring (bicyclic) bond motifs is 3. The van der Waals surface area contributed by atoms with Crippen molar-refractivity contribution < 1.29 is 0 Å². The van der Waals surface area contributed by atoms with E-state index in [1.54, 1.807) is 0 Å². The summed E-state index contributed by atoms with van der Waals surface area (Å²) < 4.78 is 2.39. The highest BCUT2D eigenvalue weighted by atomic mass is 79.9. The third-order valence-electron chi connectivity index (χ3n) is 6.35. The van der Waals surface area contributed by atoms with E-state index in [-0.39, 0.29) is 5.41 Å². The van der Waals surface area contributed by atoms with Crippen LogP contribution in [0.3, 0.4) is 0 Å². The van der Waals surface area contributed by atoms with Gasteiger partial charge in [0.25, 0.3) is 0 Å². The summed E-state index contributed by atoms with van der Waals surface area (Å²) in [4.78, 5) is 0. The highest BCUT2D eigenvalue weighted by molar-refractivity contribution is 9.10. The summed E-state index contributed by atoms with van der Waals surface area (Å²) in [6.45, 7) is 4.66. The quantitative estimate of drug-likeness (QED) is 0.290. The Morgan fingerprint density at radius 2 is 1.15 bits per heavy atom. The molecule has 0 spiro atoms. The molecule has 0 saturated heterocycles. The predicted octanol–water partition coefficient (Wildman–Crippen LogP) is 9.42. The summed E-state index contributed by atoms with van der Waals surface area (Å²) in [5, 5.41) is 0. The van der Waals surface area contributed by atoms with Crippen molar-refractivity contribution >= 4 is 31.9 Å². The van der Waals surface area contributed by atoms with Gasteiger partial charge in [0.2, 0.25) is 0 Å². The molecule has 0 radical (unpaired) electrons. The van der Waals surface area contributed by atoms with Gasteiger partial charge in [0, 0.05) is 14.4 Å². The Hall–Kier alpha value is -0.600. The van der Waals surface area contributed by atoms with Gasteiger partial charge in [-0.05, 0) is 59.4 Å². The maximum Gasteiger partial charge on any atom is 0.0213 e. The van der Waals surface area contributed by atoms with Crippen molar-refractivity contribution in [1.82, 2.24) is 0 Å². The van der Waals surface area contributed by atoms with Crippen LogP contribution >= 0.6 is 31.9 Å². The number of unbranched alkanes of at least 4 members (excludes halogenated alkanes) is 7. The van der Waals surface area contributed by atoms with Gasteiger partial charge in [-0.25, -0.2) is 0 Å². The fraction of sp³-hybridized carbons (Fsp3) is 0.520. The fourth-order valence-electron chi connectivity index (χ4n) is 4.83. The summed E-state index contributed by atoms with van der Waals surface area (Å²) in [7, 11) is 0. The average Bonchev–Trinajstić information content (AvgIpc) is 2.93. The Labute approximate surface area is 182 Å². The monoisotopic (exact) mass is 490 g/mol. The van der Waals surface area contributed by atoms with Crippen molar-refractivity contribution in [2.24, 2.45) is 0 Å². The van der Waals surface area contributed by atoms with E-state index in [0.717, 1.165) is 6.42 Å². The summed E-state index contributed by atoms with van der Waals surface area (Å²) in [5.41, 5.74) is 6.08. The molecular weight excluding hydrogens is 460 g/mol. The zero-order valence-corrected chi connectivity index (χ0v) is 20.0.